The summed E-state index contributed by atoms with van der Waals surface area (Å²) in [6.07, 6.45) is 16.7. The topological polar surface area (TPSA) is 104 Å². The predicted molar refractivity (Wildman–Crippen MR) is 93.1 cm³/mol. The van der Waals surface area contributed by atoms with E-state index in [2.05, 4.69) is 25.1 Å². The Bertz CT molecular complexity index is 958. The number of allylic oxidation sites excluding steroid dienone is 6. The number of nitrogen functional groups attached to an aromatic ring is 1. The second-order valence-electron chi connectivity index (χ2n) is 5.36. The van der Waals surface area contributed by atoms with Crippen molar-refractivity contribution in [1.29, 1.82) is 0 Å². The lowest BCUT2D eigenvalue weighted by Gasteiger charge is -2.04. The van der Waals surface area contributed by atoms with E-state index in [1.807, 2.05) is 48.6 Å². The van der Waals surface area contributed by atoms with Crippen LogP contribution in [-0.2, 0) is 0 Å². The van der Waals surface area contributed by atoms with Crippen molar-refractivity contribution in [2.45, 2.75) is 5.92 Å². The van der Waals surface area contributed by atoms with Crippen LogP contribution < -0.4 is 5.73 Å². The van der Waals surface area contributed by atoms with Gasteiger partial charge in [0, 0.05) is 18.0 Å². The number of pyridine rings is 1. The van der Waals surface area contributed by atoms with Crippen LogP contribution in [0.2, 0.25) is 0 Å². The van der Waals surface area contributed by atoms with Gasteiger partial charge in [-0.3, -0.25) is 4.98 Å². The largest absolute Gasteiger partial charge is 0.418 e. The molecule has 7 heteroatoms. The third-order valence-electron chi connectivity index (χ3n) is 3.66. The Morgan fingerprint density at radius 3 is 2.60 bits per heavy atom. The van der Waals surface area contributed by atoms with E-state index in [1.165, 1.54) is 0 Å². The van der Waals surface area contributed by atoms with Crippen LogP contribution in [0.3, 0.4) is 0 Å². The van der Waals surface area contributed by atoms with E-state index in [-0.39, 0.29) is 17.6 Å². The summed E-state index contributed by atoms with van der Waals surface area (Å²) in [4.78, 5) is 12.8. The highest BCUT2D eigenvalue weighted by molar-refractivity contribution is 5.67. The molecule has 0 radical (unpaired) electrons. The van der Waals surface area contributed by atoms with E-state index in [4.69, 9.17) is 10.2 Å². The smallest absolute Gasteiger partial charge is 0.270 e. The number of hydrogen-bond donors (Lipinski definition) is 1. The molecule has 0 amide bonds. The lowest BCUT2D eigenvalue weighted by Crippen LogP contribution is -1.99. The van der Waals surface area contributed by atoms with Gasteiger partial charge in [-0.2, -0.15) is 0 Å². The van der Waals surface area contributed by atoms with E-state index >= 15 is 0 Å². The average Bonchev–Trinajstić information content (AvgIpc) is 2.98. The third-order valence-corrected chi connectivity index (χ3v) is 3.66. The zero-order valence-corrected chi connectivity index (χ0v) is 13.1. The van der Waals surface area contributed by atoms with Crippen molar-refractivity contribution >= 4 is 5.82 Å². The van der Waals surface area contributed by atoms with Gasteiger partial charge < -0.3 is 10.2 Å². The quantitative estimate of drug-likeness (QED) is 0.787. The number of aromatic nitrogens is 5. The van der Waals surface area contributed by atoms with E-state index in [0.717, 1.165) is 5.56 Å². The van der Waals surface area contributed by atoms with E-state index < -0.39 is 0 Å². The minimum atomic E-state index is -0.0908. The van der Waals surface area contributed by atoms with Crippen molar-refractivity contribution < 1.29 is 4.42 Å². The van der Waals surface area contributed by atoms with Gasteiger partial charge in [0.25, 0.3) is 5.89 Å². The second-order valence-corrected chi connectivity index (χ2v) is 5.36. The molecule has 0 atom stereocenters. The minimum absolute atomic E-state index is 0.0908. The highest BCUT2D eigenvalue weighted by atomic mass is 16.4. The molecule has 0 unspecified atom stereocenters. The van der Waals surface area contributed by atoms with Gasteiger partial charge in [0.05, 0.1) is 17.8 Å². The maximum atomic E-state index is 5.96. The molecule has 0 fully saturated rings. The Morgan fingerprint density at radius 1 is 1.00 bits per heavy atom. The summed E-state index contributed by atoms with van der Waals surface area (Å²) in [7, 11) is 0. The SMILES string of the molecule is Nc1ncc(-c2cccnc2)nc1-c1nnc(C2C=CC=CC=C2)o1. The van der Waals surface area contributed by atoms with E-state index in [0.29, 0.717) is 17.3 Å². The van der Waals surface area contributed by atoms with Crippen LogP contribution >= 0.6 is 0 Å². The predicted octanol–water partition coefficient (Wildman–Crippen LogP) is 2.94. The van der Waals surface area contributed by atoms with Gasteiger partial charge in [-0.05, 0) is 12.1 Å². The molecule has 2 N–H and O–H groups in total. The van der Waals surface area contributed by atoms with Crippen LogP contribution in [0.4, 0.5) is 5.82 Å². The Hall–Kier alpha value is -3.61. The van der Waals surface area contributed by atoms with Crippen LogP contribution in [0.5, 0.6) is 0 Å². The second kappa shape index (κ2) is 6.48. The summed E-state index contributed by atoms with van der Waals surface area (Å²) in [6, 6.07) is 3.72. The Morgan fingerprint density at radius 2 is 1.84 bits per heavy atom. The van der Waals surface area contributed by atoms with Gasteiger partial charge in [-0.15, -0.1) is 10.2 Å². The van der Waals surface area contributed by atoms with Gasteiger partial charge in [0.1, 0.15) is 0 Å². The van der Waals surface area contributed by atoms with Gasteiger partial charge in [-0.1, -0.05) is 36.5 Å². The lowest BCUT2D eigenvalue weighted by atomic mass is 10.1. The zero-order chi connectivity index (χ0) is 17.1. The van der Waals surface area contributed by atoms with Gasteiger partial charge >= 0.3 is 0 Å². The average molecular weight is 330 g/mol. The standard InChI is InChI=1S/C18H14N6O/c19-16-15(22-14(11-21-16)13-8-5-9-20-10-13)18-24-23-17(25-18)12-6-3-1-2-4-7-12/h1-12H,(H2,19,21). The maximum absolute atomic E-state index is 5.96. The van der Waals surface area contributed by atoms with Gasteiger partial charge in [0.2, 0.25) is 5.89 Å². The Labute approximate surface area is 143 Å². The van der Waals surface area contributed by atoms with Crippen molar-refractivity contribution in [2.24, 2.45) is 0 Å². The van der Waals surface area contributed by atoms with E-state index in [9.17, 15) is 0 Å². The summed E-state index contributed by atoms with van der Waals surface area (Å²) in [5.41, 5.74) is 7.78. The van der Waals surface area contributed by atoms with Crippen LogP contribution in [0.1, 0.15) is 11.8 Å². The van der Waals surface area contributed by atoms with E-state index in [1.54, 1.807) is 18.6 Å². The molecule has 0 spiro atoms. The normalized spacial score (nSPS) is 13.9. The molecule has 3 aromatic heterocycles. The molecule has 3 heterocycles. The summed E-state index contributed by atoms with van der Waals surface area (Å²) in [6.45, 7) is 0. The molecule has 3 aromatic rings. The summed E-state index contributed by atoms with van der Waals surface area (Å²) < 4.78 is 5.79. The highest BCUT2D eigenvalue weighted by Gasteiger charge is 2.19. The molecule has 0 bridgehead atoms. The highest BCUT2D eigenvalue weighted by Crippen LogP contribution is 2.27. The zero-order valence-electron chi connectivity index (χ0n) is 13.1. The number of nitrogens with two attached hydrogens (primary N) is 1. The fraction of sp³-hybridized carbons (Fsp3) is 0.0556. The first kappa shape index (κ1) is 14.9. The molecule has 122 valence electrons. The van der Waals surface area contributed by atoms with Gasteiger partial charge in [0.15, 0.2) is 11.5 Å². The summed E-state index contributed by atoms with van der Waals surface area (Å²) >= 11 is 0. The molecule has 0 aromatic carbocycles. The third kappa shape index (κ3) is 3.07. The fourth-order valence-electron chi connectivity index (χ4n) is 2.40. The van der Waals surface area contributed by atoms with Crippen LogP contribution in [0.25, 0.3) is 22.8 Å². The van der Waals surface area contributed by atoms with Crippen LogP contribution in [0.15, 0.2) is 71.6 Å². The first-order valence-electron chi connectivity index (χ1n) is 7.69. The molecule has 7 nitrogen and oxygen atoms in total. The number of anilines is 1. The Balaban J connectivity index is 1.70. The number of rotatable bonds is 3. The molecule has 0 saturated carbocycles. The maximum Gasteiger partial charge on any atom is 0.270 e. The Kier molecular flexibility index (Phi) is 3.88. The van der Waals surface area contributed by atoms with Crippen LogP contribution in [0, 0.1) is 0 Å². The van der Waals surface area contributed by atoms with Crippen molar-refractivity contribution in [2.75, 3.05) is 5.73 Å². The van der Waals surface area contributed by atoms with Crippen LogP contribution in [-0.4, -0.2) is 25.1 Å². The summed E-state index contributed by atoms with van der Waals surface area (Å²) in [5.74, 6) is 0.854. The molecule has 1 aliphatic rings. The molecule has 4 rings (SSSR count). The lowest BCUT2D eigenvalue weighted by molar-refractivity contribution is 0.504. The fourth-order valence-corrected chi connectivity index (χ4v) is 2.40. The molecule has 0 aliphatic heterocycles. The van der Waals surface area contributed by atoms with Crippen molar-refractivity contribution in [3.8, 4) is 22.8 Å². The molecular weight excluding hydrogens is 316 g/mol. The molecule has 1 aliphatic carbocycles. The molecule has 25 heavy (non-hydrogen) atoms. The number of nitrogens with zero attached hydrogens (tertiary/aromatic N) is 5. The first-order chi connectivity index (χ1) is 12.3. The van der Waals surface area contributed by atoms with Gasteiger partial charge in [-0.25, -0.2) is 9.97 Å². The van der Waals surface area contributed by atoms with Crippen molar-refractivity contribution in [3.05, 3.63) is 73.1 Å². The molecular formula is C18H14N6O. The molecule has 0 saturated heterocycles. The number of hydrogen-bond acceptors (Lipinski definition) is 7. The first-order valence-corrected chi connectivity index (χ1v) is 7.69. The van der Waals surface area contributed by atoms with Crippen molar-refractivity contribution in [1.82, 2.24) is 25.1 Å². The minimum Gasteiger partial charge on any atom is -0.418 e. The summed E-state index contributed by atoms with van der Waals surface area (Å²) in [5, 5.41) is 8.20. The monoisotopic (exact) mass is 330 g/mol. The van der Waals surface area contributed by atoms with Crippen molar-refractivity contribution in [3.63, 3.8) is 0 Å².